The Bertz CT molecular complexity index is 1170. The molecule has 3 heterocycles. The summed E-state index contributed by atoms with van der Waals surface area (Å²) >= 11 is 0. The summed E-state index contributed by atoms with van der Waals surface area (Å²) in [5, 5.41) is 8.25. The zero-order valence-corrected chi connectivity index (χ0v) is 16.4. The maximum atomic E-state index is 14.0. The molecule has 0 fully saturated rings. The normalized spacial score (nSPS) is 11.8. The molecule has 1 aromatic carbocycles. The molecule has 0 aliphatic heterocycles. The smallest absolute Gasteiger partial charge is 0.221 e. The lowest BCUT2D eigenvalue weighted by molar-refractivity contribution is 0.226. The first-order valence-electron chi connectivity index (χ1n) is 9.14. The van der Waals surface area contributed by atoms with E-state index in [1.165, 1.54) is 16.9 Å². The van der Waals surface area contributed by atoms with Crippen molar-refractivity contribution in [1.29, 1.82) is 0 Å². The van der Waals surface area contributed by atoms with Gasteiger partial charge in [-0.1, -0.05) is 0 Å². The zero-order chi connectivity index (χ0) is 21.1. The highest BCUT2D eigenvalue weighted by Crippen LogP contribution is 2.34. The first-order chi connectivity index (χ1) is 14.6. The number of nitrogens with two attached hydrogens (primary N) is 1. The Labute approximate surface area is 172 Å². The van der Waals surface area contributed by atoms with Gasteiger partial charge < -0.3 is 15.2 Å². The summed E-state index contributed by atoms with van der Waals surface area (Å²) in [4.78, 5) is 9.85. The number of hydrogen-bond acceptors (Lipinski definition) is 7. The van der Waals surface area contributed by atoms with Crippen LogP contribution in [0.5, 0.6) is 11.6 Å². The van der Waals surface area contributed by atoms with Crippen molar-refractivity contribution < 1.29 is 13.9 Å². The van der Waals surface area contributed by atoms with Crippen LogP contribution in [-0.2, 0) is 0 Å². The van der Waals surface area contributed by atoms with Crippen molar-refractivity contribution in [3.05, 3.63) is 72.6 Å². The molecule has 0 spiro atoms. The molecule has 8 nitrogen and oxygen atoms in total. The minimum absolute atomic E-state index is 0.212. The second-order valence-electron chi connectivity index (χ2n) is 6.45. The monoisotopic (exact) mass is 406 g/mol. The fourth-order valence-electron chi connectivity index (χ4n) is 3.10. The van der Waals surface area contributed by atoms with Crippen molar-refractivity contribution in [1.82, 2.24) is 25.0 Å². The fraction of sp³-hybridized carbons (Fsp3) is 0.143. The van der Waals surface area contributed by atoms with Gasteiger partial charge in [0.1, 0.15) is 11.9 Å². The Balaban J connectivity index is 1.69. The van der Waals surface area contributed by atoms with Crippen LogP contribution in [-0.4, -0.2) is 32.1 Å². The fourth-order valence-corrected chi connectivity index (χ4v) is 3.10. The van der Waals surface area contributed by atoms with Crippen LogP contribution in [0.3, 0.4) is 0 Å². The van der Waals surface area contributed by atoms with Gasteiger partial charge in [0.2, 0.25) is 5.88 Å². The highest BCUT2D eigenvalue weighted by atomic mass is 19.1. The lowest BCUT2D eigenvalue weighted by Gasteiger charge is -2.19. The summed E-state index contributed by atoms with van der Waals surface area (Å²) in [5.74, 6) is 0.634. The van der Waals surface area contributed by atoms with Crippen molar-refractivity contribution in [2.75, 3.05) is 12.8 Å². The summed E-state index contributed by atoms with van der Waals surface area (Å²) in [6.45, 7) is 1.79. The number of nitrogen functional groups attached to an aromatic ring is 1. The van der Waals surface area contributed by atoms with E-state index in [1.807, 2.05) is 6.07 Å². The molecule has 2 N–H and O–H groups in total. The van der Waals surface area contributed by atoms with E-state index in [0.717, 1.165) is 11.1 Å². The number of anilines is 1. The molecule has 0 amide bonds. The van der Waals surface area contributed by atoms with Crippen LogP contribution in [0.4, 0.5) is 10.2 Å². The molecule has 1 atom stereocenters. The van der Waals surface area contributed by atoms with Crippen LogP contribution in [0.2, 0.25) is 0 Å². The maximum absolute atomic E-state index is 14.0. The van der Waals surface area contributed by atoms with Gasteiger partial charge in [-0.3, -0.25) is 0 Å². The molecule has 1 unspecified atom stereocenters. The molecule has 152 valence electrons. The highest BCUT2D eigenvalue weighted by molar-refractivity contribution is 5.71. The number of benzene rings is 1. The minimum atomic E-state index is -0.558. The molecule has 0 saturated heterocycles. The predicted octanol–water partition coefficient (Wildman–Crippen LogP) is 3.59. The average Bonchev–Trinajstić information content (AvgIpc) is 3.30. The first-order valence-corrected chi connectivity index (χ1v) is 9.14. The van der Waals surface area contributed by atoms with E-state index >= 15 is 0 Å². The van der Waals surface area contributed by atoms with Crippen LogP contribution in [0, 0.1) is 5.82 Å². The summed E-state index contributed by atoms with van der Waals surface area (Å²) in [6, 6.07) is 9.75. The average molecular weight is 406 g/mol. The number of rotatable bonds is 6. The molecule has 4 rings (SSSR count). The Morgan fingerprint density at radius 1 is 1.07 bits per heavy atom. The van der Waals surface area contributed by atoms with Crippen LogP contribution in [0.1, 0.15) is 18.6 Å². The van der Waals surface area contributed by atoms with Crippen LogP contribution in [0.15, 0.2) is 61.2 Å². The topological polar surface area (TPSA) is 101 Å². The van der Waals surface area contributed by atoms with Crippen LogP contribution < -0.4 is 15.2 Å². The quantitative estimate of drug-likeness (QED) is 0.522. The summed E-state index contributed by atoms with van der Waals surface area (Å²) in [6.07, 6.45) is 5.79. The molecule has 30 heavy (non-hydrogen) atoms. The molecule has 0 aliphatic rings. The lowest BCUT2D eigenvalue weighted by Crippen LogP contribution is -2.11. The van der Waals surface area contributed by atoms with Gasteiger partial charge in [0.15, 0.2) is 11.6 Å². The Kier molecular flexibility index (Phi) is 5.25. The van der Waals surface area contributed by atoms with E-state index < -0.39 is 11.9 Å². The minimum Gasteiger partial charge on any atom is -0.482 e. The van der Waals surface area contributed by atoms with Crippen molar-refractivity contribution in [3.8, 4) is 28.4 Å². The molecule has 9 heteroatoms. The first kappa shape index (κ1) is 19.3. The molecular formula is C21H19FN6O2. The maximum Gasteiger partial charge on any atom is 0.221 e. The SMILES string of the molecule is COc1ncccc1-c1cnc(N)c(OC(C)c2cc(F)ccc2-n2nccn2)c1. The van der Waals surface area contributed by atoms with E-state index in [9.17, 15) is 4.39 Å². The molecule has 0 saturated carbocycles. The largest absolute Gasteiger partial charge is 0.482 e. The van der Waals surface area contributed by atoms with Crippen molar-refractivity contribution in [3.63, 3.8) is 0 Å². The number of pyridine rings is 2. The third kappa shape index (κ3) is 3.77. The van der Waals surface area contributed by atoms with E-state index in [2.05, 4.69) is 20.2 Å². The third-order valence-electron chi connectivity index (χ3n) is 4.52. The summed E-state index contributed by atoms with van der Waals surface area (Å²) in [7, 11) is 1.55. The molecule has 0 aliphatic carbocycles. The molecular weight excluding hydrogens is 387 g/mol. The van der Waals surface area contributed by atoms with Crippen LogP contribution in [0.25, 0.3) is 16.8 Å². The van der Waals surface area contributed by atoms with E-state index in [0.29, 0.717) is 22.9 Å². The van der Waals surface area contributed by atoms with Crippen LogP contribution >= 0.6 is 0 Å². The van der Waals surface area contributed by atoms with Gasteiger partial charge in [-0.2, -0.15) is 15.0 Å². The Hall–Kier alpha value is -4.01. The second-order valence-corrected chi connectivity index (χ2v) is 6.45. The Morgan fingerprint density at radius 2 is 1.87 bits per heavy atom. The van der Waals surface area contributed by atoms with Gasteiger partial charge in [-0.25, -0.2) is 14.4 Å². The number of aromatic nitrogens is 5. The van der Waals surface area contributed by atoms with E-state index in [-0.39, 0.29) is 5.82 Å². The predicted molar refractivity (Wildman–Crippen MR) is 109 cm³/mol. The van der Waals surface area contributed by atoms with Crippen molar-refractivity contribution in [2.24, 2.45) is 0 Å². The zero-order valence-electron chi connectivity index (χ0n) is 16.4. The second kappa shape index (κ2) is 8.16. The van der Waals surface area contributed by atoms with Gasteiger partial charge in [0.25, 0.3) is 0 Å². The summed E-state index contributed by atoms with van der Waals surface area (Å²) in [5.41, 5.74) is 8.68. The van der Waals surface area contributed by atoms with Crippen molar-refractivity contribution >= 4 is 5.82 Å². The third-order valence-corrected chi connectivity index (χ3v) is 4.52. The Morgan fingerprint density at radius 3 is 2.63 bits per heavy atom. The molecule has 3 aromatic heterocycles. The van der Waals surface area contributed by atoms with Gasteiger partial charge in [-0.15, -0.1) is 0 Å². The number of methoxy groups -OCH3 is 1. The van der Waals surface area contributed by atoms with E-state index in [1.54, 1.807) is 57.0 Å². The number of hydrogen-bond donors (Lipinski definition) is 1. The molecule has 0 bridgehead atoms. The van der Waals surface area contributed by atoms with Gasteiger partial charge in [0.05, 0.1) is 25.2 Å². The standard InChI is InChI=1S/C21H19FN6O2/c1-13(17-11-15(22)5-6-18(17)28-26-8-9-27-28)30-19-10-14(12-25-20(19)23)16-4-3-7-24-21(16)29-2/h3-13H,1-2H3,(H2,23,25). The number of ether oxygens (including phenoxy) is 2. The molecule has 4 aromatic rings. The molecule has 0 radical (unpaired) electrons. The number of halogens is 1. The number of nitrogens with zero attached hydrogens (tertiary/aromatic N) is 5. The summed E-state index contributed by atoms with van der Waals surface area (Å²) < 4.78 is 25.4. The van der Waals surface area contributed by atoms with Crippen molar-refractivity contribution in [2.45, 2.75) is 13.0 Å². The van der Waals surface area contributed by atoms with Gasteiger partial charge in [-0.05, 0) is 43.3 Å². The highest BCUT2D eigenvalue weighted by Gasteiger charge is 2.18. The van der Waals surface area contributed by atoms with E-state index in [4.69, 9.17) is 15.2 Å². The van der Waals surface area contributed by atoms with Gasteiger partial charge in [0, 0.05) is 29.1 Å². The lowest BCUT2D eigenvalue weighted by atomic mass is 10.1. The van der Waals surface area contributed by atoms with Gasteiger partial charge >= 0.3 is 0 Å².